The summed E-state index contributed by atoms with van der Waals surface area (Å²) < 4.78 is 25.8. The van der Waals surface area contributed by atoms with Crippen molar-refractivity contribution in [2.75, 3.05) is 0 Å². The number of nitrogens with two attached hydrogens (primary N) is 1. The van der Waals surface area contributed by atoms with Gasteiger partial charge in [0.1, 0.15) is 5.54 Å². The number of halogens is 2. The van der Waals surface area contributed by atoms with Gasteiger partial charge in [0.25, 0.3) is 17.8 Å². The molecule has 104 valence electrons. The first-order valence-corrected chi connectivity index (χ1v) is 5.10. The standard InChI is InChI=1S/C10H11F2N3O4/c1-5-7(10(2,13)9(11)12)3-6(14(16)17)4-8(5)15(18)19/h3-4,9H,13H2,1-2H3. The summed E-state index contributed by atoms with van der Waals surface area (Å²) in [5.41, 5.74) is 1.53. The van der Waals surface area contributed by atoms with E-state index in [-0.39, 0.29) is 11.1 Å². The first-order chi connectivity index (χ1) is 8.59. The smallest absolute Gasteiger partial charge is 0.279 e. The molecule has 0 aliphatic rings. The van der Waals surface area contributed by atoms with E-state index >= 15 is 0 Å². The van der Waals surface area contributed by atoms with E-state index in [1.165, 1.54) is 6.92 Å². The van der Waals surface area contributed by atoms with Crippen molar-refractivity contribution >= 4 is 11.4 Å². The van der Waals surface area contributed by atoms with Crippen LogP contribution in [0.15, 0.2) is 12.1 Å². The van der Waals surface area contributed by atoms with Crippen molar-refractivity contribution in [1.82, 2.24) is 0 Å². The Hall–Kier alpha value is -2.16. The fourth-order valence-electron chi connectivity index (χ4n) is 1.66. The Morgan fingerprint density at radius 2 is 1.79 bits per heavy atom. The van der Waals surface area contributed by atoms with Crippen LogP contribution in [0.5, 0.6) is 0 Å². The topological polar surface area (TPSA) is 112 Å². The highest BCUT2D eigenvalue weighted by Gasteiger charge is 2.37. The van der Waals surface area contributed by atoms with Crippen molar-refractivity contribution in [3.63, 3.8) is 0 Å². The van der Waals surface area contributed by atoms with E-state index in [9.17, 15) is 29.0 Å². The molecule has 0 fully saturated rings. The highest BCUT2D eigenvalue weighted by Crippen LogP contribution is 2.35. The molecule has 0 saturated heterocycles. The molecular formula is C10H11F2N3O4. The molecule has 9 heteroatoms. The van der Waals surface area contributed by atoms with E-state index in [1.807, 2.05) is 0 Å². The summed E-state index contributed by atoms with van der Waals surface area (Å²) in [7, 11) is 0. The van der Waals surface area contributed by atoms with Crippen molar-refractivity contribution in [3.8, 4) is 0 Å². The number of alkyl halides is 2. The van der Waals surface area contributed by atoms with Crippen LogP contribution in [-0.4, -0.2) is 16.3 Å². The highest BCUT2D eigenvalue weighted by molar-refractivity contribution is 5.55. The molecule has 7 nitrogen and oxygen atoms in total. The van der Waals surface area contributed by atoms with Gasteiger partial charge in [-0.05, 0) is 19.4 Å². The maximum atomic E-state index is 12.9. The van der Waals surface area contributed by atoms with Gasteiger partial charge in [0, 0.05) is 11.6 Å². The Kier molecular flexibility index (Phi) is 3.80. The van der Waals surface area contributed by atoms with Gasteiger partial charge in [-0.3, -0.25) is 20.2 Å². The van der Waals surface area contributed by atoms with E-state index < -0.39 is 33.2 Å². The molecule has 1 unspecified atom stereocenters. The number of hydrogen-bond donors (Lipinski definition) is 1. The molecule has 0 aliphatic carbocycles. The molecule has 1 aromatic rings. The van der Waals surface area contributed by atoms with Gasteiger partial charge in [-0.2, -0.15) is 0 Å². The van der Waals surface area contributed by atoms with E-state index in [2.05, 4.69) is 0 Å². The summed E-state index contributed by atoms with van der Waals surface area (Å²) in [4.78, 5) is 19.7. The Balaban J connectivity index is 3.64. The van der Waals surface area contributed by atoms with Gasteiger partial charge in [-0.15, -0.1) is 0 Å². The Morgan fingerprint density at radius 3 is 2.16 bits per heavy atom. The zero-order valence-corrected chi connectivity index (χ0v) is 10.1. The molecule has 0 saturated carbocycles. The van der Waals surface area contributed by atoms with Gasteiger partial charge in [-0.25, -0.2) is 8.78 Å². The van der Waals surface area contributed by atoms with Crippen LogP contribution in [0.3, 0.4) is 0 Å². The Morgan fingerprint density at radius 1 is 1.26 bits per heavy atom. The summed E-state index contributed by atoms with van der Waals surface area (Å²) in [6.45, 7) is 2.19. The lowest BCUT2D eigenvalue weighted by atomic mass is 9.88. The first-order valence-electron chi connectivity index (χ1n) is 5.10. The van der Waals surface area contributed by atoms with Crippen molar-refractivity contribution < 1.29 is 18.6 Å². The molecule has 2 N–H and O–H groups in total. The third-order valence-corrected chi connectivity index (χ3v) is 2.81. The molecule has 0 aromatic heterocycles. The molecule has 1 aromatic carbocycles. The highest BCUT2D eigenvalue weighted by atomic mass is 19.3. The van der Waals surface area contributed by atoms with Crippen LogP contribution in [0.1, 0.15) is 18.1 Å². The van der Waals surface area contributed by atoms with Crippen LogP contribution >= 0.6 is 0 Å². The van der Waals surface area contributed by atoms with Gasteiger partial charge in [-0.1, -0.05) is 0 Å². The Bertz CT molecular complexity index is 546. The summed E-state index contributed by atoms with van der Waals surface area (Å²) in [6.07, 6.45) is -3.02. The lowest BCUT2D eigenvalue weighted by Gasteiger charge is -2.25. The third-order valence-electron chi connectivity index (χ3n) is 2.81. The predicted octanol–water partition coefficient (Wildman–Crippen LogP) is 2.25. The molecule has 0 spiro atoms. The van der Waals surface area contributed by atoms with Crippen LogP contribution in [0.2, 0.25) is 0 Å². The minimum Gasteiger partial charge on any atom is -0.317 e. The third kappa shape index (κ3) is 2.65. The maximum absolute atomic E-state index is 12.9. The molecular weight excluding hydrogens is 264 g/mol. The number of hydrogen-bond acceptors (Lipinski definition) is 5. The van der Waals surface area contributed by atoms with E-state index in [1.54, 1.807) is 0 Å². The Labute approximate surface area is 106 Å². The lowest BCUT2D eigenvalue weighted by Crippen LogP contribution is -2.41. The van der Waals surface area contributed by atoms with Crippen molar-refractivity contribution in [2.24, 2.45) is 5.73 Å². The van der Waals surface area contributed by atoms with Gasteiger partial charge >= 0.3 is 0 Å². The first kappa shape index (κ1) is 14.9. The van der Waals surface area contributed by atoms with E-state index in [0.29, 0.717) is 0 Å². The molecule has 0 amide bonds. The zero-order valence-electron chi connectivity index (χ0n) is 10.1. The van der Waals surface area contributed by atoms with Gasteiger partial charge in [0.15, 0.2) is 0 Å². The zero-order chi connectivity index (χ0) is 15.0. The molecule has 19 heavy (non-hydrogen) atoms. The SMILES string of the molecule is Cc1c([N+](=O)[O-])cc([N+](=O)[O-])cc1C(C)(N)C(F)F. The molecule has 0 aliphatic heterocycles. The van der Waals surface area contributed by atoms with Crippen molar-refractivity contribution in [1.29, 1.82) is 0 Å². The normalized spacial score (nSPS) is 14.2. The van der Waals surface area contributed by atoms with E-state index in [0.717, 1.165) is 19.1 Å². The molecule has 0 radical (unpaired) electrons. The molecule has 0 heterocycles. The molecule has 1 atom stereocenters. The monoisotopic (exact) mass is 275 g/mol. The fraction of sp³-hybridized carbons (Fsp3) is 0.400. The second kappa shape index (κ2) is 4.84. The number of non-ortho nitro benzene ring substituents is 1. The van der Waals surface area contributed by atoms with Gasteiger partial charge in [0.05, 0.1) is 15.9 Å². The van der Waals surface area contributed by atoms with E-state index in [4.69, 9.17) is 5.73 Å². The number of nitro groups is 2. The summed E-state index contributed by atoms with van der Waals surface area (Å²) >= 11 is 0. The molecule has 0 bridgehead atoms. The van der Waals surface area contributed by atoms with Crippen molar-refractivity contribution in [2.45, 2.75) is 25.8 Å². The largest absolute Gasteiger partial charge is 0.317 e. The molecule has 1 rings (SSSR count). The quantitative estimate of drug-likeness (QED) is 0.668. The number of nitro benzene ring substituents is 2. The lowest BCUT2D eigenvalue weighted by molar-refractivity contribution is -0.394. The van der Waals surface area contributed by atoms with Gasteiger partial charge < -0.3 is 5.73 Å². The maximum Gasteiger partial charge on any atom is 0.279 e. The van der Waals surface area contributed by atoms with Crippen LogP contribution in [0.25, 0.3) is 0 Å². The predicted molar refractivity (Wildman–Crippen MR) is 62.0 cm³/mol. The number of nitrogens with zero attached hydrogens (tertiary/aromatic N) is 2. The average molecular weight is 275 g/mol. The van der Waals surface area contributed by atoms with Crippen LogP contribution in [0, 0.1) is 27.2 Å². The minimum atomic E-state index is -3.02. The number of benzene rings is 1. The number of rotatable bonds is 4. The fourth-order valence-corrected chi connectivity index (χ4v) is 1.66. The minimum absolute atomic E-state index is 0.110. The van der Waals surface area contributed by atoms with Crippen LogP contribution in [-0.2, 0) is 5.54 Å². The van der Waals surface area contributed by atoms with Crippen LogP contribution in [0.4, 0.5) is 20.2 Å². The summed E-state index contributed by atoms with van der Waals surface area (Å²) in [5, 5.41) is 21.5. The van der Waals surface area contributed by atoms with Crippen LogP contribution < -0.4 is 5.73 Å². The van der Waals surface area contributed by atoms with Crippen molar-refractivity contribution in [3.05, 3.63) is 43.5 Å². The average Bonchev–Trinajstić information content (AvgIpc) is 2.27. The summed E-state index contributed by atoms with van der Waals surface area (Å²) in [5.74, 6) is 0. The van der Waals surface area contributed by atoms with Gasteiger partial charge in [0.2, 0.25) is 0 Å². The second-order valence-electron chi connectivity index (χ2n) is 4.24. The summed E-state index contributed by atoms with van der Waals surface area (Å²) in [6, 6.07) is 1.56. The second-order valence-corrected chi connectivity index (χ2v) is 4.24.